The Morgan fingerprint density at radius 3 is 2.65 bits per heavy atom. The molecule has 0 fully saturated rings. The van der Waals surface area contributed by atoms with Gasteiger partial charge in [-0.1, -0.05) is 18.2 Å². The molecule has 0 aliphatic rings. The maximum absolute atomic E-state index is 13.9. The first kappa shape index (κ1) is 14.9. The predicted octanol–water partition coefficient (Wildman–Crippen LogP) is 4.07. The molecule has 0 saturated carbocycles. The molecular formula is C15H14BrF2NO. The molecule has 2 N–H and O–H groups in total. The van der Waals surface area contributed by atoms with Gasteiger partial charge in [-0.25, -0.2) is 8.78 Å². The molecule has 2 nitrogen and oxygen atoms in total. The maximum atomic E-state index is 13.9. The lowest BCUT2D eigenvalue weighted by atomic mass is 10.1. The van der Waals surface area contributed by atoms with Gasteiger partial charge in [0.1, 0.15) is 24.0 Å². The predicted molar refractivity (Wildman–Crippen MR) is 77.5 cm³/mol. The van der Waals surface area contributed by atoms with E-state index < -0.39 is 11.6 Å². The highest BCUT2D eigenvalue weighted by Gasteiger charge is 2.14. The quantitative estimate of drug-likeness (QED) is 0.850. The monoisotopic (exact) mass is 341 g/mol. The molecule has 0 bridgehead atoms. The van der Waals surface area contributed by atoms with Crippen LogP contribution in [0.15, 0.2) is 34.8 Å². The molecule has 0 amide bonds. The molecule has 0 aliphatic carbocycles. The number of nitrogens with two attached hydrogens (primary N) is 1. The van der Waals surface area contributed by atoms with Gasteiger partial charge in [0, 0.05) is 12.1 Å². The lowest BCUT2D eigenvalue weighted by molar-refractivity contribution is 0.287. The fraction of sp³-hybridized carbons (Fsp3) is 0.200. The zero-order valence-corrected chi connectivity index (χ0v) is 12.5. The van der Waals surface area contributed by atoms with Crippen LogP contribution < -0.4 is 10.5 Å². The van der Waals surface area contributed by atoms with Crippen LogP contribution >= 0.6 is 15.9 Å². The summed E-state index contributed by atoms with van der Waals surface area (Å²) in [5.41, 5.74) is 7.22. The highest BCUT2D eigenvalue weighted by atomic mass is 79.9. The van der Waals surface area contributed by atoms with Crippen molar-refractivity contribution in [3.8, 4) is 5.75 Å². The van der Waals surface area contributed by atoms with Gasteiger partial charge in [0.15, 0.2) is 0 Å². The van der Waals surface area contributed by atoms with Gasteiger partial charge in [-0.2, -0.15) is 0 Å². The summed E-state index contributed by atoms with van der Waals surface area (Å²) in [6.07, 6.45) is 0. The Balaban J connectivity index is 2.28. The molecule has 2 aromatic rings. The highest BCUT2D eigenvalue weighted by Crippen LogP contribution is 2.27. The minimum absolute atomic E-state index is 0.106. The zero-order valence-electron chi connectivity index (χ0n) is 10.9. The van der Waals surface area contributed by atoms with Crippen LogP contribution in [0.1, 0.15) is 16.7 Å². The van der Waals surface area contributed by atoms with E-state index in [1.54, 1.807) is 0 Å². The van der Waals surface area contributed by atoms with Gasteiger partial charge < -0.3 is 10.5 Å². The average molecular weight is 342 g/mol. The number of aryl methyl sites for hydroxylation is 1. The number of hydrogen-bond donors (Lipinski definition) is 1. The molecule has 0 spiro atoms. The molecule has 0 unspecified atom stereocenters. The highest BCUT2D eigenvalue weighted by molar-refractivity contribution is 9.10. The van der Waals surface area contributed by atoms with Crippen molar-refractivity contribution < 1.29 is 13.5 Å². The summed E-state index contributed by atoms with van der Waals surface area (Å²) >= 11 is 3.03. The van der Waals surface area contributed by atoms with Crippen molar-refractivity contribution in [2.24, 2.45) is 5.73 Å². The number of ether oxygens (including phenoxy) is 1. The number of hydrogen-bond acceptors (Lipinski definition) is 2. The summed E-state index contributed by atoms with van der Waals surface area (Å²) in [5, 5.41) is 0. The molecule has 2 aromatic carbocycles. The summed E-state index contributed by atoms with van der Waals surface area (Å²) in [7, 11) is 0. The Hall–Kier alpha value is -1.46. The van der Waals surface area contributed by atoms with E-state index in [0.29, 0.717) is 12.3 Å². The third kappa shape index (κ3) is 2.99. The van der Waals surface area contributed by atoms with Crippen LogP contribution in [0.4, 0.5) is 8.78 Å². The van der Waals surface area contributed by atoms with Gasteiger partial charge in [0.05, 0.1) is 10.0 Å². The fourth-order valence-corrected chi connectivity index (χ4v) is 2.30. The summed E-state index contributed by atoms with van der Waals surface area (Å²) in [6, 6.07) is 8.09. The molecular weight excluding hydrogens is 328 g/mol. The van der Waals surface area contributed by atoms with Crippen molar-refractivity contribution in [2.75, 3.05) is 0 Å². The molecule has 2 rings (SSSR count). The van der Waals surface area contributed by atoms with Crippen molar-refractivity contribution in [2.45, 2.75) is 20.1 Å². The van der Waals surface area contributed by atoms with E-state index in [9.17, 15) is 8.78 Å². The van der Waals surface area contributed by atoms with Gasteiger partial charge in [0.25, 0.3) is 0 Å². The van der Waals surface area contributed by atoms with Crippen LogP contribution in [0.3, 0.4) is 0 Å². The zero-order chi connectivity index (χ0) is 14.7. The third-order valence-electron chi connectivity index (χ3n) is 3.01. The third-order valence-corrected chi connectivity index (χ3v) is 3.63. The van der Waals surface area contributed by atoms with Crippen LogP contribution in [0.25, 0.3) is 0 Å². The summed E-state index contributed by atoms with van der Waals surface area (Å²) in [4.78, 5) is 0. The minimum atomic E-state index is -0.645. The van der Waals surface area contributed by atoms with Gasteiger partial charge >= 0.3 is 0 Å². The molecule has 20 heavy (non-hydrogen) atoms. The Kier molecular flexibility index (Phi) is 4.73. The number of halogens is 3. The Bertz CT molecular complexity index is 632. The SMILES string of the molecule is Cc1cccc(CN)c1OCc1c(F)ccc(Br)c1F. The maximum Gasteiger partial charge on any atom is 0.146 e. The van der Waals surface area contributed by atoms with Crippen molar-refractivity contribution in [3.05, 3.63) is 63.1 Å². The van der Waals surface area contributed by atoms with Gasteiger partial charge in [-0.3, -0.25) is 0 Å². The van der Waals surface area contributed by atoms with E-state index >= 15 is 0 Å². The number of benzene rings is 2. The number of para-hydroxylation sites is 1. The van der Waals surface area contributed by atoms with E-state index in [1.165, 1.54) is 12.1 Å². The molecule has 0 aliphatic heterocycles. The van der Waals surface area contributed by atoms with Crippen molar-refractivity contribution in [3.63, 3.8) is 0 Å². The molecule has 0 aromatic heterocycles. The van der Waals surface area contributed by atoms with Crippen LogP contribution in [0, 0.1) is 18.6 Å². The van der Waals surface area contributed by atoms with Crippen molar-refractivity contribution in [1.82, 2.24) is 0 Å². The first-order valence-electron chi connectivity index (χ1n) is 6.08. The summed E-state index contributed by atoms with van der Waals surface area (Å²) in [5.74, 6) is -0.699. The van der Waals surface area contributed by atoms with Crippen molar-refractivity contribution >= 4 is 15.9 Å². The normalized spacial score (nSPS) is 10.7. The molecule has 0 radical (unpaired) electrons. The Morgan fingerprint density at radius 1 is 1.20 bits per heavy atom. The van der Waals surface area contributed by atoms with Crippen LogP contribution in [0.2, 0.25) is 0 Å². The topological polar surface area (TPSA) is 35.2 Å². The average Bonchev–Trinajstić information content (AvgIpc) is 2.44. The minimum Gasteiger partial charge on any atom is -0.488 e. The molecule has 0 saturated heterocycles. The van der Waals surface area contributed by atoms with E-state index in [1.807, 2.05) is 25.1 Å². The lowest BCUT2D eigenvalue weighted by Crippen LogP contribution is -2.07. The van der Waals surface area contributed by atoms with E-state index in [-0.39, 0.29) is 16.6 Å². The smallest absolute Gasteiger partial charge is 0.146 e. The molecule has 0 heterocycles. The van der Waals surface area contributed by atoms with E-state index in [2.05, 4.69) is 15.9 Å². The second-order valence-corrected chi connectivity index (χ2v) is 5.23. The Morgan fingerprint density at radius 2 is 1.95 bits per heavy atom. The van der Waals surface area contributed by atoms with Crippen LogP contribution in [-0.4, -0.2) is 0 Å². The molecule has 0 atom stereocenters. The molecule has 5 heteroatoms. The van der Waals surface area contributed by atoms with E-state index in [0.717, 1.165) is 11.1 Å². The van der Waals surface area contributed by atoms with Crippen molar-refractivity contribution in [1.29, 1.82) is 0 Å². The largest absolute Gasteiger partial charge is 0.488 e. The van der Waals surface area contributed by atoms with Gasteiger partial charge in [-0.15, -0.1) is 0 Å². The summed E-state index contributed by atoms with van der Waals surface area (Å²) < 4.78 is 33.3. The first-order valence-corrected chi connectivity index (χ1v) is 6.87. The van der Waals surface area contributed by atoms with Crippen LogP contribution in [0.5, 0.6) is 5.75 Å². The second kappa shape index (κ2) is 6.33. The standard InChI is InChI=1S/C15H14BrF2NO/c1-9-3-2-4-10(7-19)15(9)20-8-11-13(17)6-5-12(16)14(11)18/h2-6H,7-8,19H2,1H3. The fourth-order valence-electron chi connectivity index (χ4n) is 1.93. The summed E-state index contributed by atoms with van der Waals surface area (Å²) in [6.45, 7) is 1.98. The van der Waals surface area contributed by atoms with E-state index in [4.69, 9.17) is 10.5 Å². The molecule has 106 valence electrons. The Labute approximate surface area is 124 Å². The number of rotatable bonds is 4. The van der Waals surface area contributed by atoms with Gasteiger partial charge in [0.2, 0.25) is 0 Å². The van der Waals surface area contributed by atoms with Gasteiger partial charge in [-0.05, 0) is 40.5 Å². The second-order valence-electron chi connectivity index (χ2n) is 4.38. The lowest BCUT2D eigenvalue weighted by Gasteiger charge is -2.14. The van der Waals surface area contributed by atoms with Crippen LogP contribution in [-0.2, 0) is 13.2 Å². The first-order chi connectivity index (χ1) is 9.54.